The highest BCUT2D eigenvalue weighted by Gasteiger charge is 2.13. The van der Waals surface area contributed by atoms with E-state index in [-0.39, 0.29) is 5.75 Å². The lowest BCUT2D eigenvalue weighted by molar-refractivity contribution is -0.0504. The average molecular weight is 330 g/mol. The largest absolute Gasteiger partial charge is 0.492 e. The maximum absolute atomic E-state index is 12.2. The van der Waals surface area contributed by atoms with Crippen LogP contribution in [0.5, 0.6) is 11.5 Å². The predicted octanol–water partition coefficient (Wildman–Crippen LogP) is 4.63. The molecular weight excluding hydrogens is 317 g/mol. The summed E-state index contributed by atoms with van der Waals surface area (Å²) in [6, 6.07) is 2.94. The van der Waals surface area contributed by atoms with Crippen molar-refractivity contribution < 1.29 is 18.3 Å². The highest BCUT2D eigenvalue weighted by atomic mass is 79.9. The van der Waals surface area contributed by atoms with E-state index in [9.17, 15) is 8.78 Å². The summed E-state index contributed by atoms with van der Waals surface area (Å²) in [4.78, 5) is 0. The van der Waals surface area contributed by atoms with Gasteiger partial charge in [-0.05, 0) is 12.5 Å². The molecule has 0 aliphatic rings. The molecule has 0 fully saturated rings. The molecule has 0 N–H and O–H groups in total. The molecule has 0 bridgehead atoms. The molecule has 1 aromatic carbocycles. The number of rotatable bonds is 6. The molecule has 6 heteroatoms. The Balaban J connectivity index is 2.99. The van der Waals surface area contributed by atoms with Crippen molar-refractivity contribution in [3.8, 4) is 11.5 Å². The Labute approximate surface area is 112 Å². The van der Waals surface area contributed by atoms with E-state index in [1.807, 2.05) is 6.92 Å². The third kappa shape index (κ3) is 4.32. The van der Waals surface area contributed by atoms with Crippen LogP contribution in [0.4, 0.5) is 8.78 Å². The average Bonchev–Trinajstić information content (AvgIpc) is 2.28. The van der Waals surface area contributed by atoms with Gasteiger partial charge < -0.3 is 9.47 Å². The number of hydrogen-bond acceptors (Lipinski definition) is 2. The fourth-order valence-electron chi connectivity index (χ4n) is 1.21. The first-order valence-electron chi connectivity index (χ1n) is 5.04. The zero-order valence-electron chi connectivity index (χ0n) is 9.18. The lowest BCUT2D eigenvalue weighted by atomic mass is 10.2. The molecule has 1 rings (SSSR count). The van der Waals surface area contributed by atoms with Crippen molar-refractivity contribution >= 4 is 27.5 Å². The van der Waals surface area contributed by atoms with Gasteiger partial charge in [0.2, 0.25) is 0 Å². The van der Waals surface area contributed by atoms with Crippen LogP contribution in [0.1, 0.15) is 18.9 Å². The minimum Gasteiger partial charge on any atom is -0.492 e. The van der Waals surface area contributed by atoms with Crippen LogP contribution in [0.2, 0.25) is 5.02 Å². The zero-order chi connectivity index (χ0) is 12.8. The van der Waals surface area contributed by atoms with E-state index < -0.39 is 6.61 Å². The maximum atomic E-state index is 12.2. The van der Waals surface area contributed by atoms with Crippen LogP contribution in [0.25, 0.3) is 0 Å². The molecule has 0 aliphatic heterocycles. The topological polar surface area (TPSA) is 18.5 Å². The Hall–Kier alpha value is -0.550. The summed E-state index contributed by atoms with van der Waals surface area (Å²) in [5, 5.41) is 0.762. The van der Waals surface area contributed by atoms with E-state index in [4.69, 9.17) is 16.3 Å². The molecule has 0 heterocycles. The van der Waals surface area contributed by atoms with Crippen LogP contribution in [0.3, 0.4) is 0 Å². The molecule has 0 spiro atoms. The normalized spacial score (nSPS) is 10.7. The molecular formula is C11H12BrClF2O2. The fourth-order valence-corrected chi connectivity index (χ4v) is 1.89. The number of alkyl halides is 3. The van der Waals surface area contributed by atoms with E-state index in [1.54, 1.807) is 6.07 Å². The van der Waals surface area contributed by atoms with Gasteiger partial charge in [-0.25, -0.2) is 0 Å². The smallest absolute Gasteiger partial charge is 0.387 e. The lowest BCUT2D eigenvalue weighted by Crippen LogP contribution is -2.05. The van der Waals surface area contributed by atoms with Crippen LogP contribution in [-0.2, 0) is 5.33 Å². The molecule has 1 aromatic rings. The van der Waals surface area contributed by atoms with Crippen molar-refractivity contribution in [2.24, 2.45) is 0 Å². The van der Waals surface area contributed by atoms with Gasteiger partial charge >= 0.3 is 6.61 Å². The Bertz CT molecular complexity index is 375. The van der Waals surface area contributed by atoms with Crippen molar-refractivity contribution in [2.45, 2.75) is 25.3 Å². The molecule has 0 aliphatic carbocycles. The molecule has 0 unspecified atom stereocenters. The summed E-state index contributed by atoms with van der Waals surface area (Å²) in [6.45, 7) is -0.452. The first kappa shape index (κ1) is 14.5. The summed E-state index contributed by atoms with van der Waals surface area (Å²) in [5.41, 5.74) is 0.555. The van der Waals surface area contributed by atoms with Crippen LogP contribution < -0.4 is 9.47 Å². The zero-order valence-corrected chi connectivity index (χ0v) is 11.5. The molecule has 0 amide bonds. The van der Waals surface area contributed by atoms with E-state index in [0.29, 0.717) is 28.3 Å². The van der Waals surface area contributed by atoms with E-state index in [2.05, 4.69) is 20.7 Å². The molecule has 0 aromatic heterocycles. The molecule has 0 radical (unpaired) electrons. The second-order valence-corrected chi connectivity index (χ2v) is 4.22. The number of benzene rings is 1. The van der Waals surface area contributed by atoms with Gasteiger partial charge in [0.1, 0.15) is 11.5 Å². The molecule has 2 nitrogen and oxygen atoms in total. The lowest BCUT2D eigenvalue weighted by Gasteiger charge is -2.13. The maximum Gasteiger partial charge on any atom is 0.387 e. The van der Waals surface area contributed by atoms with Gasteiger partial charge in [-0.1, -0.05) is 34.5 Å². The first-order chi connectivity index (χ1) is 8.08. The molecule has 0 saturated heterocycles. The summed E-state index contributed by atoms with van der Waals surface area (Å²) < 4.78 is 34.2. The van der Waals surface area contributed by atoms with Gasteiger partial charge in [-0.3, -0.25) is 0 Å². The Morgan fingerprint density at radius 3 is 2.59 bits per heavy atom. The monoisotopic (exact) mass is 328 g/mol. The van der Waals surface area contributed by atoms with Crippen molar-refractivity contribution in [1.82, 2.24) is 0 Å². The van der Waals surface area contributed by atoms with Crippen LogP contribution in [0, 0.1) is 0 Å². The summed E-state index contributed by atoms with van der Waals surface area (Å²) in [7, 11) is 0. The minimum absolute atomic E-state index is 0.0763. The van der Waals surface area contributed by atoms with E-state index in [0.717, 1.165) is 6.42 Å². The number of ether oxygens (including phenoxy) is 2. The summed E-state index contributed by atoms with van der Waals surface area (Å²) >= 11 is 9.15. The second-order valence-electron chi connectivity index (χ2n) is 3.25. The highest BCUT2D eigenvalue weighted by molar-refractivity contribution is 9.08. The quantitative estimate of drug-likeness (QED) is 0.709. The minimum atomic E-state index is -2.87. The Kier molecular flexibility index (Phi) is 5.98. The van der Waals surface area contributed by atoms with Crippen molar-refractivity contribution in [3.63, 3.8) is 0 Å². The first-order valence-corrected chi connectivity index (χ1v) is 6.54. The Morgan fingerprint density at radius 2 is 2.06 bits per heavy atom. The van der Waals surface area contributed by atoms with Gasteiger partial charge in [-0.2, -0.15) is 8.78 Å². The van der Waals surface area contributed by atoms with E-state index >= 15 is 0 Å². The number of halogens is 4. The van der Waals surface area contributed by atoms with Crippen LogP contribution in [0.15, 0.2) is 12.1 Å². The SMILES string of the molecule is CCCOc1cc(OC(F)F)c(CBr)cc1Cl. The fraction of sp³-hybridized carbons (Fsp3) is 0.455. The van der Waals surface area contributed by atoms with Crippen molar-refractivity contribution in [3.05, 3.63) is 22.7 Å². The van der Waals surface area contributed by atoms with Crippen LogP contribution in [-0.4, -0.2) is 13.2 Å². The molecule has 0 atom stereocenters. The molecule has 0 saturated carbocycles. The predicted molar refractivity (Wildman–Crippen MR) is 66.5 cm³/mol. The van der Waals surface area contributed by atoms with Crippen molar-refractivity contribution in [1.29, 1.82) is 0 Å². The number of hydrogen-bond donors (Lipinski definition) is 0. The third-order valence-electron chi connectivity index (χ3n) is 1.94. The second kappa shape index (κ2) is 7.01. The van der Waals surface area contributed by atoms with Gasteiger partial charge in [0, 0.05) is 17.0 Å². The molecule has 96 valence electrons. The third-order valence-corrected chi connectivity index (χ3v) is 2.84. The van der Waals surface area contributed by atoms with Gasteiger partial charge in [-0.15, -0.1) is 0 Å². The van der Waals surface area contributed by atoms with Gasteiger partial charge in [0.25, 0.3) is 0 Å². The highest BCUT2D eigenvalue weighted by Crippen LogP contribution is 2.34. The van der Waals surface area contributed by atoms with Crippen LogP contribution >= 0.6 is 27.5 Å². The summed E-state index contributed by atoms with van der Waals surface area (Å²) in [6.07, 6.45) is 0.807. The summed E-state index contributed by atoms with van der Waals surface area (Å²) in [5.74, 6) is 0.432. The Morgan fingerprint density at radius 1 is 1.35 bits per heavy atom. The standard InChI is InChI=1S/C11H12BrClF2O2/c1-2-3-16-10-5-9(17-11(14)15)7(6-12)4-8(10)13/h4-5,11H,2-3,6H2,1H3. The molecule has 17 heavy (non-hydrogen) atoms. The van der Waals surface area contributed by atoms with Gasteiger partial charge in [0.05, 0.1) is 11.6 Å². The van der Waals surface area contributed by atoms with E-state index in [1.165, 1.54) is 6.07 Å². The van der Waals surface area contributed by atoms with Crippen molar-refractivity contribution in [2.75, 3.05) is 6.61 Å². The van der Waals surface area contributed by atoms with Gasteiger partial charge in [0.15, 0.2) is 0 Å².